The molecular formula is C24H19N3O7. The molecule has 10 heteroatoms. The van der Waals surface area contributed by atoms with E-state index >= 15 is 0 Å². The van der Waals surface area contributed by atoms with Crippen LogP contribution in [0.3, 0.4) is 0 Å². The van der Waals surface area contributed by atoms with Gasteiger partial charge in [-0.15, -0.1) is 0 Å². The van der Waals surface area contributed by atoms with Crippen LogP contribution in [-0.4, -0.2) is 23.4 Å². The lowest BCUT2D eigenvalue weighted by Crippen LogP contribution is -2.23. The highest BCUT2D eigenvalue weighted by Crippen LogP contribution is 2.30. The third-order valence-corrected chi connectivity index (χ3v) is 4.44. The number of carbonyl (C=O) groups excluding carboxylic acids is 2. The fourth-order valence-electron chi connectivity index (χ4n) is 2.86. The van der Waals surface area contributed by atoms with Crippen LogP contribution in [0.1, 0.15) is 28.6 Å². The second kappa shape index (κ2) is 11.1. The van der Waals surface area contributed by atoms with E-state index in [0.717, 1.165) is 6.07 Å². The molecule has 10 nitrogen and oxygen atoms in total. The molecule has 1 N–H and O–H groups in total. The van der Waals surface area contributed by atoms with Crippen LogP contribution in [0.4, 0.5) is 5.69 Å². The molecule has 0 fully saturated rings. The second-order valence-corrected chi connectivity index (χ2v) is 6.77. The summed E-state index contributed by atoms with van der Waals surface area (Å²) in [5, 5.41) is 22.9. The number of non-ortho nitro benzene ring substituents is 1. The quantitative estimate of drug-likeness (QED) is 0.126. The van der Waals surface area contributed by atoms with Crippen molar-refractivity contribution < 1.29 is 28.4 Å². The predicted octanol–water partition coefficient (Wildman–Crippen LogP) is 4.03. The van der Waals surface area contributed by atoms with Gasteiger partial charge < -0.3 is 19.2 Å². The molecule has 0 saturated carbocycles. The monoisotopic (exact) mass is 461 g/mol. The van der Waals surface area contributed by atoms with E-state index in [4.69, 9.17) is 13.9 Å². The van der Waals surface area contributed by atoms with Crippen LogP contribution in [-0.2, 0) is 11.3 Å². The van der Waals surface area contributed by atoms with Gasteiger partial charge in [0.2, 0.25) is 0 Å². The average Bonchev–Trinajstić information content (AvgIpc) is 3.36. The highest BCUT2D eigenvalue weighted by atomic mass is 16.6. The minimum atomic E-state index is -0.803. The first kappa shape index (κ1) is 23.7. The Labute approximate surface area is 194 Å². The number of ether oxygens (including phenoxy) is 2. The van der Waals surface area contributed by atoms with Crippen molar-refractivity contribution in [2.75, 3.05) is 6.61 Å². The minimum absolute atomic E-state index is 0.000570. The summed E-state index contributed by atoms with van der Waals surface area (Å²) in [6.45, 7) is 2.11. The maximum absolute atomic E-state index is 12.5. The summed E-state index contributed by atoms with van der Waals surface area (Å²) in [4.78, 5) is 35.2. The van der Waals surface area contributed by atoms with Gasteiger partial charge in [0.05, 0.1) is 29.9 Å². The number of nitro groups is 1. The molecular weight excluding hydrogens is 442 g/mol. The number of amides is 1. The first-order valence-electron chi connectivity index (χ1n) is 10.1. The average molecular weight is 461 g/mol. The fraction of sp³-hybridized carbons (Fsp3) is 0.125. The van der Waals surface area contributed by atoms with Gasteiger partial charge >= 0.3 is 5.97 Å². The molecule has 3 aromatic rings. The molecule has 1 aromatic heterocycles. The van der Waals surface area contributed by atoms with Crippen LogP contribution in [0.15, 0.2) is 70.9 Å². The first-order chi connectivity index (χ1) is 16.4. The molecule has 0 spiro atoms. The molecule has 172 valence electrons. The van der Waals surface area contributed by atoms with E-state index in [-0.39, 0.29) is 41.5 Å². The number of hydrogen-bond donors (Lipinski definition) is 1. The molecule has 0 unspecified atom stereocenters. The third kappa shape index (κ3) is 6.08. The normalized spacial score (nSPS) is 10.8. The van der Waals surface area contributed by atoms with Gasteiger partial charge in [0.1, 0.15) is 17.4 Å². The maximum atomic E-state index is 12.5. The number of nitrogens with one attached hydrogen (secondary N) is 1. The van der Waals surface area contributed by atoms with Crippen LogP contribution in [0.25, 0.3) is 6.08 Å². The van der Waals surface area contributed by atoms with Crippen molar-refractivity contribution in [3.05, 3.63) is 93.4 Å². The number of esters is 1. The summed E-state index contributed by atoms with van der Waals surface area (Å²) in [6.07, 6.45) is 2.84. The van der Waals surface area contributed by atoms with E-state index < -0.39 is 16.8 Å². The van der Waals surface area contributed by atoms with Crippen LogP contribution in [0.5, 0.6) is 11.5 Å². The van der Waals surface area contributed by atoms with Gasteiger partial charge in [-0.2, -0.15) is 5.26 Å². The Kier molecular flexibility index (Phi) is 7.75. The molecule has 0 aliphatic heterocycles. The molecule has 0 saturated heterocycles. The van der Waals surface area contributed by atoms with Gasteiger partial charge in [0.15, 0.2) is 11.5 Å². The Bertz CT molecular complexity index is 1270. The Morgan fingerprint density at radius 2 is 2.00 bits per heavy atom. The van der Waals surface area contributed by atoms with Crippen LogP contribution in [0.2, 0.25) is 0 Å². The number of nitrogens with zero attached hydrogens (tertiary/aromatic N) is 2. The van der Waals surface area contributed by atoms with E-state index in [1.807, 2.05) is 6.07 Å². The molecule has 1 heterocycles. The molecule has 1 amide bonds. The van der Waals surface area contributed by atoms with Crippen LogP contribution < -0.4 is 14.8 Å². The maximum Gasteiger partial charge on any atom is 0.343 e. The zero-order valence-electron chi connectivity index (χ0n) is 18.0. The van der Waals surface area contributed by atoms with E-state index in [1.54, 1.807) is 19.1 Å². The highest BCUT2D eigenvalue weighted by Gasteiger charge is 2.17. The number of nitriles is 1. The van der Waals surface area contributed by atoms with Crippen molar-refractivity contribution in [1.82, 2.24) is 5.32 Å². The smallest absolute Gasteiger partial charge is 0.343 e. The van der Waals surface area contributed by atoms with Gasteiger partial charge in [-0.05, 0) is 48.9 Å². The van der Waals surface area contributed by atoms with Crippen molar-refractivity contribution in [2.45, 2.75) is 13.5 Å². The summed E-state index contributed by atoms with van der Waals surface area (Å²) in [7, 11) is 0. The van der Waals surface area contributed by atoms with E-state index in [0.29, 0.717) is 11.3 Å². The molecule has 0 bridgehead atoms. The summed E-state index contributed by atoms with van der Waals surface area (Å²) < 4.78 is 16.1. The number of rotatable bonds is 9. The van der Waals surface area contributed by atoms with Crippen LogP contribution in [0, 0.1) is 21.4 Å². The summed E-state index contributed by atoms with van der Waals surface area (Å²) in [5.74, 6) is -0.570. The van der Waals surface area contributed by atoms with Crippen molar-refractivity contribution in [3.8, 4) is 17.6 Å². The van der Waals surface area contributed by atoms with E-state index in [9.17, 15) is 25.0 Å². The molecule has 2 aromatic carbocycles. The summed E-state index contributed by atoms with van der Waals surface area (Å²) >= 11 is 0. The third-order valence-electron chi connectivity index (χ3n) is 4.44. The SMILES string of the molecule is CCOc1cc(/C=C(\C#N)C(=O)NCc2ccco2)ccc1OC(=O)c1cccc([N+](=O)[O-])c1. The van der Waals surface area contributed by atoms with E-state index in [2.05, 4.69) is 5.32 Å². The van der Waals surface area contributed by atoms with Gasteiger partial charge in [-0.25, -0.2) is 4.79 Å². The van der Waals surface area contributed by atoms with Crippen molar-refractivity contribution in [2.24, 2.45) is 0 Å². The van der Waals surface area contributed by atoms with Crippen molar-refractivity contribution in [3.63, 3.8) is 0 Å². The molecule has 34 heavy (non-hydrogen) atoms. The summed E-state index contributed by atoms with van der Waals surface area (Å²) in [5.41, 5.74) is 0.0774. The molecule has 0 atom stereocenters. The number of nitro benzene ring substituents is 1. The minimum Gasteiger partial charge on any atom is -0.490 e. The topological polar surface area (TPSA) is 145 Å². The molecule has 0 aliphatic carbocycles. The molecule has 3 rings (SSSR count). The number of benzene rings is 2. The lowest BCUT2D eigenvalue weighted by atomic mass is 10.1. The Balaban J connectivity index is 1.79. The van der Waals surface area contributed by atoms with Gasteiger partial charge in [-0.1, -0.05) is 12.1 Å². The zero-order valence-corrected chi connectivity index (χ0v) is 18.0. The lowest BCUT2D eigenvalue weighted by Gasteiger charge is -2.11. The Hall–Kier alpha value is -4.91. The van der Waals surface area contributed by atoms with Crippen LogP contribution >= 0.6 is 0 Å². The largest absolute Gasteiger partial charge is 0.490 e. The highest BCUT2D eigenvalue weighted by molar-refractivity contribution is 6.01. The van der Waals surface area contributed by atoms with E-state index in [1.165, 1.54) is 48.7 Å². The van der Waals surface area contributed by atoms with Crippen molar-refractivity contribution >= 4 is 23.6 Å². The van der Waals surface area contributed by atoms with Gasteiger partial charge in [0.25, 0.3) is 11.6 Å². The van der Waals surface area contributed by atoms with Crippen molar-refractivity contribution in [1.29, 1.82) is 5.26 Å². The fourth-order valence-corrected chi connectivity index (χ4v) is 2.86. The first-order valence-corrected chi connectivity index (χ1v) is 10.1. The molecule has 0 radical (unpaired) electrons. The van der Waals surface area contributed by atoms with Gasteiger partial charge in [0, 0.05) is 12.1 Å². The summed E-state index contributed by atoms with van der Waals surface area (Å²) in [6, 6.07) is 14.9. The molecule has 0 aliphatic rings. The number of furan rings is 1. The number of hydrogen-bond acceptors (Lipinski definition) is 8. The van der Waals surface area contributed by atoms with Gasteiger partial charge in [-0.3, -0.25) is 14.9 Å². The number of carbonyl (C=O) groups is 2. The Morgan fingerprint density at radius 3 is 2.68 bits per heavy atom. The standard InChI is InChI=1S/C24H19N3O7/c1-2-32-22-12-16(11-18(14-25)23(28)26-15-20-7-4-10-33-20)8-9-21(22)34-24(29)17-5-3-6-19(13-17)27(30)31/h3-13H,2,15H2,1H3,(H,26,28)/b18-11+. The zero-order chi connectivity index (χ0) is 24.5. The Morgan fingerprint density at radius 1 is 1.18 bits per heavy atom. The predicted molar refractivity (Wildman–Crippen MR) is 120 cm³/mol. The second-order valence-electron chi connectivity index (χ2n) is 6.77. The lowest BCUT2D eigenvalue weighted by molar-refractivity contribution is -0.384.